The van der Waals surface area contributed by atoms with Gasteiger partial charge in [-0.1, -0.05) is 78.4 Å². The summed E-state index contributed by atoms with van der Waals surface area (Å²) in [6, 6.07) is 22.7. The van der Waals surface area contributed by atoms with Crippen molar-refractivity contribution in [2.24, 2.45) is 0 Å². The van der Waals surface area contributed by atoms with Gasteiger partial charge in [0.15, 0.2) is 0 Å². The smallest absolute Gasteiger partial charge is 0.410 e. The molecule has 4 atom stereocenters. The molecule has 1 amide bonds. The van der Waals surface area contributed by atoms with Gasteiger partial charge >= 0.3 is 18.0 Å². The summed E-state index contributed by atoms with van der Waals surface area (Å²) in [5.41, 5.74) is 2.81. The van der Waals surface area contributed by atoms with E-state index in [2.05, 4.69) is 15.6 Å². The Labute approximate surface area is 329 Å². The first-order valence-corrected chi connectivity index (χ1v) is 18.6. The van der Waals surface area contributed by atoms with Crippen LogP contribution in [0.4, 0.5) is 4.79 Å². The second-order valence-corrected chi connectivity index (χ2v) is 14.5. The quantitative estimate of drug-likeness (QED) is 0.102. The monoisotopic (exact) mass is 776 g/mol. The van der Waals surface area contributed by atoms with Gasteiger partial charge in [0, 0.05) is 52.2 Å². The first kappa shape index (κ1) is 43.7. The summed E-state index contributed by atoms with van der Waals surface area (Å²) in [4.78, 5) is 38.1. The average molecular weight is 777 g/mol. The molecule has 2 fully saturated rings. The number of carbonyl (C=O) groups excluding carboxylic acids is 3. The van der Waals surface area contributed by atoms with E-state index in [0.717, 1.165) is 29.8 Å². The number of carbonyl (C=O) groups is 3. The van der Waals surface area contributed by atoms with E-state index in [1.165, 1.54) is 0 Å². The third-order valence-electron chi connectivity index (χ3n) is 9.14. The third kappa shape index (κ3) is 13.6. The van der Waals surface area contributed by atoms with Crippen LogP contribution in [-0.2, 0) is 59.3 Å². The van der Waals surface area contributed by atoms with Gasteiger partial charge in [-0.2, -0.15) is 0 Å². The lowest BCUT2D eigenvalue weighted by atomic mass is 10.1. The third-order valence-corrected chi connectivity index (χ3v) is 9.14. The zero-order valence-corrected chi connectivity index (χ0v) is 32.2. The molecule has 0 radical (unpaired) electrons. The molecule has 2 aliphatic heterocycles. The second-order valence-electron chi connectivity index (χ2n) is 14.5. The Morgan fingerprint density at radius 1 is 0.768 bits per heavy atom. The number of aryl methyl sites for hydroxylation is 2. The summed E-state index contributed by atoms with van der Waals surface area (Å²) in [7, 11) is 3.33. The Balaban J connectivity index is 0.000000252. The Morgan fingerprint density at radius 2 is 1.29 bits per heavy atom. The van der Waals surface area contributed by atoms with Crippen LogP contribution >= 0.6 is 0 Å². The summed E-state index contributed by atoms with van der Waals surface area (Å²) in [5.74, 6) is 0.716. The molecule has 304 valence electrons. The van der Waals surface area contributed by atoms with Crippen molar-refractivity contribution in [1.29, 1.82) is 0 Å². The van der Waals surface area contributed by atoms with Crippen LogP contribution in [0.15, 0.2) is 81.8 Å². The van der Waals surface area contributed by atoms with Gasteiger partial charge in [-0.05, 0) is 38.3 Å². The molecule has 56 heavy (non-hydrogen) atoms. The molecular formula is C42H56N4O10. The molecule has 2 aromatic heterocycles. The number of likely N-dealkylation sites (tertiary alicyclic amines) is 1. The highest BCUT2D eigenvalue weighted by molar-refractivity contribution is 5.70. The predicted molar refractivity (Wildman–Crippen MR) is 206 cm³/mol. The van der Waals surface area contributed by atoms with E-state index in [1.54, 1.807) is 25.2 Å². The van der Waals surface area contributed by atoms with Gasteiger partial charge in [-0.15, -0.1) is 0 Å². The van der Waals surface area contributed by atoms with E-state index < -0.39 is 11.7 Å². The van der Waals surface area contributed by atoms with Crippen LogP contribution in [0, 0.1) is 0 Å². The molecule has 4 heterocycles. The van der Waals surface area contributed by atoms with Gasteiger partial charge in [-0.25, -0.2) is 4.79 Å². The number of ether oxygens (including phenoxy) is 5. The highest BCUT2D eigenvalue weighted by Gasteiger charge is 2.40. The number of nitrogens with one attached hydrogen (secondary N) is 1. The Kier molecular flexibility index (Phi) is 16.6. The number of benzene rings is 2. The number of nitrogens with zero attached hydrogens (tertiary/aromatic N) is 3. The van der Waals surface area contributed by atoms with Crippen LogP contribution in [0.25, 0.3) is 0 Å². The molecule has 14 nitrogen and oxygen atoms in total. The van der Waals surface area contributed by atoms with E-state index in [9.17, 15) is 14.4 Å². The summed E-state index contributed by atoms with van der Waals surface area (Å²) in [6.07, 6.45) is 2.49. The maximum Gasteiger partial charge on any atom is 0.410 e. The number of amides is 1. The molecule has 2 saturated heterocycles. The number of aromatic nitrogens is 2. The minimum absolute atomic E-state index is 0. The highest BCUT2D eigenvalue weighted by Crippen LogP contribution is 2.34. The van der Waals surface area contributed by atoms with E-state index >= 15 is 0 Å². The largest absolute Gasteiger partial charge is 0.461 e. The first-order valence-electron chi connectivity index (χ1n) is 18.6. The topological polar surface area (TPSA) is 165 Å². The Bertz CT molecular complexity index is 1790. The van der Waals surface area contributed by atoms with Gasteiger partial charge in [0.25, 0.3) is 0 Å². The molecule has 2 aromatic carbocycles. The molecule has 0 spiro atoms. The maximum atomic E-state index is 12.6. The second kappa shape index (κ2) is 21.3. The minimum atomic E-state index is -0.595. The molecule has 2 aliphatic rings. The van der Waals surface area contributed by atoms with Crippen molar-refractivity contribution in [2.45, 2.75) is 110 Å². The predicted octanol–water partition coefficient (Wildman–Crippen LogP) is 7.08. The average Bonchev–Trinajstić information content (AvgIpc) is 4.01. The Morgan fingerprint density at radius 3 is 1.79 bits per heavy atom. The molecule has 0 aliphatic carbocycles. The minimum Gasteiger partial charge on any atom is -0.461 e. The molecule has 1 N–H and O–H groups in total. The van der Waals surface area contributed by atoms with Crippen molar-refractivity contribution in [3.8, 4) is 0 Å². The van der Waals surface area contributed by atoms with E-state index in [4.69, 9.17) is 32.7 Å². The van der Waals surface area contributed by atoms with Crippen LogP contribution < -0.4 is 5.32 Å². The molecule has 0 saturated carbocycles. The van der Waals surface area contributed by atoms with Crippen molar-refractivity contribution < 1.29 is 47.1 Å². The number of methoxy groups -OCH3 is 2. The normalized spacial score (nSPS) is 19.1. The van der Waals surface area contributed by atoms with Gasteiger partial charge in [0.2, 0.25) is 0 Å². The summed E-state index contributed by atoms with van der Waals surface area (Å²) in [5, 5.41) is 11.6. The SMILES string of the molecule is C.CO[C@@H]1CN[C@H](c2cc(CCC(=O)OCc3ccccc3)on2)C1.CO[C@H]1C[C@@H](c2cc(CCC(=O)OCc3ccccc3)on2)N(C(=O)OC(C)(C)C)C1. The molecule has 4 aromatic rings. The summed E-state index contributed by atoms with van der Waals surface area (Å²) in [6.45, 7) is 7.26. The first-order chi connectivity index (χ1) is 26.5. The van der Waals surface area contributed by atoms with Crippen molar-refractivity contribution >= 4 is 18.0 Å². The lowest BCUT2D eigenvalue weighted by Crippen LogP contribution is -2.37. The summed E-state index contributed by atoms with van der Waals surface area (Å²) >= 11 is 0. The van der Waals surface area contributed by atoms with Crippen LogP contribution in [0.2, 0.25) is 0 Å². The van der Waals surface area contributed by atoms with Gasteiger partial charge in [-0.3, -0.25) is 14.5 Å². The van der Waals surface area contributed by atoms with E-state index in [-0.39, 0.29) is 63.1 Å². The van der Waals surface area contributed by atoms with E-state index in [1.807, 2.05) is 87.5 Å². The number of hydrogen-bond acceptors (Lipinski definition) is 13. The van der Waals surface area contributed by atoms with Gasteiger partial charge < -0.3 is 38.0 Å². The van der Waals surface area contributed by atoms with Crippen molar-refractivity contribution in [3.05, 3.63) is 107 Å². The van der Waals surface area contributed by atoms with Crippen LogP contribution in [0.3, 0.4) is 0 Å². The Hall–Kier alpha value is -5.05. The van der Waals surface area contributed by atoms with Gasteiger partial charge in [0.1, 0.15) is 41.7 Å². The zero-order valence-electron chi connectivity index (χ0n) is 32.2. The fourth-order valence-electron chi connectivity index (χ4n) is 6.16. The van der Waals surface area contributed by atoms with Crippen LogP contribution in [0.1, 0.15) is 100 Å². The molecule has 0 unspecified atom stereocenters. The van der Waals surface area contributed by atoms with E-state index in [0.29, 0.717) is 49.6 Å². The highest BCUT2D eigenvalue weighted by atomic mass is 16.6. The molecule has 6 rings (SSSR count). The number of esters is 2. The zero-order chi connectivity index (χ0) is 39.2. The fourth-order valence-corrected chi connectivity index (χ4v) is 6.16. The van der Waals surface area contributed by atoms with Crippen molar-refractivity contribution in [1.82, 2.24) is 20.5 Å². The summed E-state index contributed by atoms with van der Waals surface area (Å²) < 4.78 is 37.6. The number of rotatable bonds is 14. The van der Waals surface area contributed by atoms with Crippen molar-refractivity contribution in [3.63, 3.8) is 0 Å². The van der Waals surface area contributed by atoms with Crippen molar-refractivity contribution in [2.75, 3.05) is 27.3 Å². The fraction of sp³-hybridized carbons (Fsp3) is 0.500. The molecular weight excluding hydrogens is 720 g/mol. The van der Waals surface area contributed by atoms with Gasteiger partial charge in [0.05, 0.1) is 43.7 Å². The maximum absolute atomic E-state index is 12.6. The molecule has 14 heteroatoms. The lowest BCUT2D eigenvalue weighted by Gasteiger charge is -2.27. The number of hydrogen-bond donors (Lipinski definition) is 1. The standard InChI is InChI=1S/C23H30N2O6.C18H22N2O4.CH4/c1-23(2,3)30-22(27)25-14-18(28-4)13-20(25)19-12-17(31-24-19)10-11-21(26)29-15-16-8-6-5-7-9-16;1-22-15-10-16(19-11-15)17-9-14(24-20-17)7-8-18(21)23-12-13-5-3-2-4-6-13;/h5-9,12,18,20H,10-11,13-15H2,1-4H3;2-6,9,15-16,19H,7-8,10-12H2,1H3;1H4/t18-,20-;15-,16-;/m00./s1. The van der Waals surface area contributed by atoms with Crippen LogP contribution in [-0.4, -0.2) is 78.4 Å². The molecule has 0 bridgehead atoms. The lowest BCUT2D eigenvalue weighted by molar-refractivity contribution is -0.145. The van der Waals surface area contributed by atoms with Crippen LogP contribution in [0.5, 0.6) is 0 Å².